The molecule has 0 saturated heterocycles. The van der Waals surface area contributed by atoms with Crippen molar-refractivity contribution in [2.45, 2.75) is 6.54 Å². The molecular weight excluding hydrogens is 487 g/mol. The van der Waals surface area contributed by atoms with Crippen LogP contribution in [-0.4, -0.2) is 25.7 Å². The van der Waals surface area contributed by atoms with Crippen LogP contribution >= 0.6 is 23.2 Å². The fourth-order valence-electron chi connectivity index (χ4n) is 3.35. The van der Waals surface area contributed by atoms with Crippen LogP contribution in [0.15, 0.2) is 89.8 Å². The van der Waals surface area contributed by atoms with Gasteiger partial charge in [0.1, 0.15) is 5.69 Å². The van der Waals surface area contributed by atoms with Crippen LogP contribution in [0.5, 0.6) is 0 Å². The molecule has 3 aromatic carbocycles. The zero-order valence-corrected chi connectivity index (χ0v) is 19.7. The Morgan fingerprint density at radius 2 is 1.71 bits per heavy atom. The predicted octanol–water partition coefficient (Wildman–Crippen LogP) is 6.60. The topological polar surface area (TPSA) is 97.9 Å². The van der Waals surface area contributed by atoms with Gasteiger partial charge in [0.25, 0.3) is 5.89 Å². The molecule has 0 aliphatic heterocycles. The standard InChI is InChI=1S/C25H18Cl2N6O2/c26-18-9-7-17(8-10-18)23-31-24(35-32-23)22-14-33(15-28-22)13-16-5-11-19(12-6-16)29-25(34)30-21-4-2-1-3-20(21)27/h1-12,14-15H,13H2,(H2,29,30,34). The summed E-state index contributed by atoms with van der Waals surface area (Å²) in [5.41, 5.74) is 3.61. The molecule has 0 aliphatic carbocycles. The molecule has 8 nitrogen and oxygen atoms in total. The number of rotatable bonds is 6. The number of carbonyl (C=O) groups is 1. The van der Waals surface area contributed by atoms with Gasteiger partial charge in [-0.15, -0.1) is 0 Å². The monoisotopic (exact) mass is 504 g/mol. The number of aromatic nitrogens is 4. The van der Waals surface area contributed by atoms with E-state index in [1.807, 2.05) is 47.2 Å². The highest BCUT2D eigenvalue weighted by molar-refractivity contribution is 6.33. The van der Waals surface area contributed by atoms with Gasteiger partial charge < -0.3 is 19.7 Å². The van der Waals surface area contributed by atoms with Crippen molar-refractivity contribution in [2.24, 2.45) is 0 Å². The van der Waals surface area contributed by atoms with Crippen LogP contribution in [0.3, 0.4) is 0 Å². The van der Waals surface area contributed by atoms with Crippen molar-refractivity contribution in [3.63, 3.8) is 0 Å². The number of carbonyl (C=O) groups excluding carboxylic acids is 1. The Labute approximate surface area is 210 Å². The molecule has 2 amide bonds. The first-order chi connectivity index (χ1) is 17.0. The molecule has 10 heteroatoms. The number of anilines is 2. The number of amides is 2. The summed E-state index contributed by atoms with van der Waals surface area (Å²) >= 11 is 12.0. The number of imidazole rings is 1. The van der Waals surface area contributed by atoms with Crippen molar-refractivity contribution < 1.29 is 9.32 Å². The van der Waals surface area contributed by atoms with E-state index in [0.717, 1.165) is 11.1 Å². The second-order valence-electron chi connectivity index (χ2n) is 7.62. The van der Waals surface area contributed by atoms with Crippen LogP contribution in [0.25, 0.3) is 23.0 Å². The van der Waals surface area contributed by atoms with E-state index < -0.39 is 0 Å². The van der Waals surface area contributed by atoms with Crippen molar-refractivity contribution in [3.05, 3.63) is 101 Å². The maximum absolute atomic E-state index is 12.2. The van der Waals surface area contributed by atoms with Crippen LogP contribution in [0, 0.1) is 0 Å². The number of urea groups is 1. The minimum Gasteiger partial charge on any atom is -0.332 e. The van der Waals surface area contributed by atoms with Gasteiger partial charge in [-0.25, -0.2) is 9.78 Å². The molecule has 174 valence electrons. The fourth-order valence-corrected chi connectivity index (χ4v) is 3.66. The minimum absolute atomic E-state index is 0.331. The summed E-state index contributed by atoms with van der Waals surface area (Å²) in [5.74, 6) is 0.797. The van der Waals surface area contributed by atoms with Gasteiger partial charge in [0, 0.05) is 29.0 Å². The molecule has 0 aliphatic rings. The Balaban J connectivity index is 1.20. The van der Waals surface area contributed by atoms with E-state index in [-0.39, 0.29) is 6.03 Å². The lowest BCUT2D eigenvalue weighted by Crippen LogP contribution is -2.19. The largest absolute Gasteiger partial charge is 0.332 e. The third-order valence-corrected chi connectivity index (χ3v) is 5.66. The summed E-state index contributed by atoms with van der Waals surface area (Å²) in [6, 6.07) is 21.4. The molecule has 2 aromatic heterocycles. The third-order valence-electron chi connectivity index (χ3n) is 5.08. The second kappa shape index (κ2) is 10.0. The summed E-state index contributed by atoms with van der Waals surface area (Å²) in [7, 11) is 0. The van der Waals surface area contributed by atoms with E-state index in [9.17, 15) is 4.79 Å². The van der Waals surface area contributed by atoms with Crippen molar-refractivity contribution >= 4 is 40.6 Å². The lowest BCUT2D eigenvalue weighted by molar-refractivity contribution is 0.262. The van der Waals surface area contributed by atoms with E-state index >= 15 is 0 Å². The van der Waals surface area contributed by atoms with Crippen molar-refractivity contribution in [3.8, 4) is 23.0 Å². The molecule has 5 aromatic rings. The SMILES string of the molecule is O=C(Nc1ccc(Cn2cnc(-c3nc(-c4ccc(Cl)cc4)no3)c2)cc1)Nc1ccccc1Cl. The first-order valence-corrected chi connectivity index (χ1v) is 11.3. The van der Waals surface area contributed by atoms with Crippen LogP contribution < -0.4 is 10.6 Å². The molecule has 0 fully saturated rings. The third kappa shape index (κ3) is 5.51. The first kappa shape index (κ1) is 22.6. The van der Waals surface area contributed by atoms with Gasteiger partial charge in [-0.05, 0) is 54.1 Å². The molecule has 35 heavy (non-hydrogen) atoms. The number of nitrogens with zero attached hydrogens (tertiary/aromatic N) is 4. The van der Waals surface area contributed by atoms with Gasteiger partial charge in [-0.1, -0.05) is 52.6 Å². The maximum atomic E-state index is 12.2. The summed E-state index contributed by atoms with van der Waals surface area (Å²) in [6.07, 6.45) is 3.53. The van der Waals surface area contributed by atoms with Crippen molar-refractivity contribution in [1.82, 2.24) is 19.7 Å². The molecule has 0 spiro atoms. The molecule has 0 unspecified atom stereocenters. The number of hydrogen-bond acceptors (Lipinski definition) is 5. The molecule has 0 atom stereocenters. The molecule has 0 radical (unpaired) electrons. The molecule has 5 rings (SSSR count). The second-order valence-corrected chi connectivity index (χ2v) is 8.46. The van der Waals surface area contributed by atoms with Crippen LogP contribution in [0.4, 0.5) is 16.2 Å². The van der Waals surface area contributed by atoms with E-state index in [0.29, 0.717) is 45.4 Å². The van der Waals surface area contributed by atoms with Crippen LogP contribution in [0.2, 0.25) is 10.0 Å². The lowest BCUT2D eigenvalue weighted by atomic mass is 10.2. The van der Waals surface area contributed by atoms with Crippen molar-refractivity contribution in [2.75, 3.05) is 10.6 Å². The number of halogens is 2. The van der Waals surface area contributed by atoms with Gasteiger partial charge in [0.15, 0.2) is 0 Å². The highest BCUT2D eigenvalue weighted by atomic mass is 35.5. The Kier molecular flexibility index (Phi) is 6.47. The number of nitrogens with one attached hydrogen (secondary N) is 2. The highest BCUT2D eigenvalue weighted by Crippen LogP contribution is 2.23. The summed E-state index contributed by atoms with van der Waals surface area (Å²) < 4.78 is 7.29. The highest BCUT2D eigenvalue weighted by Gasteiger charge is 2.13. The molecule has 2 N–H and O–H groups in total. The van der Waals surface area contributed by atoms with E-state index in [1.54, 1.807) is 42.7 Å². The lowest BCUT2D eigenvalue weighted by Gasteiger charge is -2.09. The average Bonchev–Trinajstić information content (AvgIpc) is 3.52. The number of para-hydroxylation sites is 1. The first-order valence-electron chi connectivity index (χ1n) is 10.6. The number of benzene rings is 3. The maximum Gasteiger partial charge on any atom is 0.323 e. The quantitative estimate of drug-likeness (QED) is 0.271. The van der Waals surface area contributed by atoms with Crippen LogP contribution in [-0.2, 0) is 6.54 Å². The zero-order valence-electron chi connectivity index (χ0n) is 18.2. The fraction of sp³-hybridized carbons (Fsp3) is 0.0400. The summed E-state index contributed by atoms with van der Waals surface area (Å²) in [5, 5.41) is 10.7. The molecule has 0 bridgehead atoms. The van der Waals surface area contributed by atoms with Gasteiger partial charge in [-0.3, -0.25) is 0 Å². The van der Waals surface area contributed by atoms with Gasteiger partial charge in [0.2, 0.25) is 5.82 Å². The van der Waals surface area contributed by atoms with Gasteiger partial charge in [0.05, 0.1) is 17.0 Å². The van der Waals surface area contributed by atoms with Crippen molar-refractivity contribution in [1.29, 1.82) is 0 Å². The number of hydrogen-bond donors (Lipinski definition) is 2. The van der Waals surface area contributed by atoms with Gasteiger partial charge >= 0.3 is 6.03 Å². The van der Waals surface area contributed by atoms with Crippen LogP contribution in [0.1, 0.15) is 5.56 Å². The predicted molar refractivity (Wildman–Crippen MR) is 136 cm³/mol. The van der Waals surface area contributed by atoms with E-state index in [1.165, 1.54) is 0 Å². The minimum atomic E-state index is -0.373. The Morgan fingerprint density at radius 3 is 2.49 bits per heavy atom. The summed E-state index contributed by atoms with van der Waals surface area (Å²) in [6.45, 7) is 0.581. The average molecular weight is 505 g/mol. The Bertz CT molecular complexity index is 1460. The van der Waals surface area contributed by atoms with E-state index in [4.69, 9.17) is 27.7 Å². The molecule has 2 heterocycles. The van der Waals surface area contributed by atoms with E-state index in [2.05, 4.69) is 25.8 Å². The Morgan fingerprint density at radius 1 is 0.943 bits per heavy atom. The Hall–Kier alpha value is -4.14. The van der Waals surface area contributed by atoms with Gasteiger partial charge in [-0.2, -0.15) is 4.98 Å². The smallest absolute Gasteiger partial charge is 0.323 e. The summed E-state index contributed by atoms with van der Waals surface area (Å²) in [4.78, 5) is 21.0. The molecule has 0 saturated carbocycles. The zero-order chi connectivity index (χ0) is 24.2. The molecular formula is C25H18Cl2N6O2. The normalized spacial score (nSPS) is 10.8.